The first-order valence-corrected chi connectivity index (χ1v) is 9.12. The lowest BCUT2D eigenvalue weighted by Crippen LogP contribution is -2.10. The van der Waals surface area contributed by atoms with Gasteiger partial charge >= 0.3 is 5.69 Å². The van der Waals surface area contributed by atoms with E-state index >= 15 is 0 Å². The number of hydrogen-bond donors (Lipinski definition) is 2. The number of aromatic nitrogens is 2. The third kappa shape index (κ3) is 4.17. The minimum absolute atomic E-state index is 0.130. The quantitative estimate of drug-likeness (QED) is 0.426. The van der Waals surface area contributed by atoms with Crippen LogP contribution in [0.5, 0.6) is 17.2 Å². The van der Waals surface area contributed by atoms with E-state index < -0.39 is 4.92 Å². The second-order valence-corrected chi connectivity index (χ2v) is 6.42. The minimum atomic E-state index is -0.502. The number of ether oxygens (including phenoxy) is 3. The minimum Gasteiger partial charge on any atom is -0.497 e. The summed E-state index contributed by atoms with van der Waals surface area (Å²) in [5.41, 5.74) is 1.59. The summed E-state index contributed by atoms with van der Waals surface area (Å²) in [6, 6.07) is 12.9. The van der Waals surface area contributed by atoms with Crippen molar-refractivity contribution in [3.05, 3.63) is 70.0 Å². The number of fused-ring (bicyclic) bond motifs is 1. The Hall–Kier alpha value is -4.08. The van der Waals surface area contributed by atoms with Crippen LogP contribution in [0.3, 0.4) is 0 Å². The second-order valence-electron chi connectivity index (χ2n) is 6.42. The molecule has 0 spiro atoms. The first-order valence-electron chi connectivity index (χ1n) is 9.12. The molecule has 30 heavy (non-hydrogen) atoms. The highest BCUT2D eigenvalue weighted by molar-refractivity contribution is 5.69. The van der Waals surface area contributed by atoms with E-state index in [4.69, 9.17) is 14.2 Å². The molecule has 0 fully saturated rings. The molecule has 0 unspecified atom stereocenters. The van der Waals surface area contributed by atoms with Crippen LogP contribution < -0.4 is 24.8 Å². The first kappa shape index (κ1) is 19.2. The number of hydrogen-bond acceptors (Lipinski definition) is 9. The third-order valence-electron chi connectivity index (χ3n) is 4.52. The summed E-state index contributed by atoms with van der Waals surface area (Å²) < 4.78 is 15.8. The predicted octanol–water partition coefficient (Wildman–Crippen LogP) is 3.35. The zero-order valence-electron chi connectivity index (χ0n) is 16.1. The lowest BCUT2D eigenvalue weighted by Gasteiger charge is -2.11. The molecule has 0 radical (unpaired) electrons. The lowest BCUT2D eigenvalue weighted by molar-refractivity contribution is -0.383. The molecule has 0 saturated carbocycles. The van der Waals surface area contributed by atoms with E-state index in [0.717, 1.165) is 16.9 Å². The molecule has 2 heterocycles. The van der Waals surface area contributed by atoms with Gasteiger partial charge in [-0.2, -0.15) is 0 Å². The number of anilines is 2. The van der Waals surface area contributed by atoms with Gasteiger partial charge in [0.05, 0.1) is 12.0 Å². The van der Waals surface area contributed by atoms with E-state index in [1.165, 1.54) is 6.33 Å². The van der Waals surface area contributed by atoms with E-state index in [0.29, 0.717) is 24.6 Å². The maximum atomic E-state index is 11.7. The van der Waals surface area contributed by atoms with Crippen LogP contribution in [0.15, 0.2) is 48.8 Å². The number of nitro groups is 1. The molecular weight excluding hydrogens is 390 g/mol. The molecule has 2 aromatic carbocycles. The fourth-order valence-corrected chi connectivity index (χ4v) is 2.98. The van der Waals surface area contributed by atoms with Crippen molar-refractivity contribution >= 4 is 17.3 Å². The van der Waals surface area contributed by atoms with E-state index in [-0.39, 0.29) is 24.1 Å². The maximum absolute atomic E-state index is 11.7. The fourth-order valence-electron chi connectivity index (χ4n) is 2.98. The zero-order chi connectivity index (χ0) is 20.9. The summed E-state index contributed by atoms with van der Waals surface area (Å²) in [7, 11) is 1.59. The average Bonchev–Trinajstić information content (AvgIpc) is 3.24. The molecular formula is C20H19N5O5. The molecule has 1 aromatic heterocycles. The Bertz CT molecular complexity index is 1060. The Morgan fingerprint density at radius 2 is 1.63 bits per heavy atom. The van der Waals surface area contributed by atoms with Gasteiger partial charge in [-0.1, -0.05) is 18.2 Å². The lowest BCUT2D eigenvalue weighted by atomic mass is 10.2. The van der Waals surface area contributed by atoms with Crippen LogP contribution in [0, 0.1) is 10.1 Å². The SMILES string of the molecule is COc1ccc(CNc2ncnc(NCc3ccc4c(c3)OCO4)c2[N+](=O)[O-])cc1. The van der Waals surface area contributed by atoms with Crippen molar-refractivity contribution in [3.63, 3.8) is 0 Å². The van der Waals surface area contributed by atoms with Gasteiger partial charge in [0.15, 0.2) is 11.5 Å². The van der Waals surface area contributed by atoms with Crippen LogP contribution in [0.1, 0.15) is 11.1 Å². The van der Waals surface area contributed by atoms with E-state index in [9.17, 15) is 10.1 Å². The largest absolute Gasteiger partial charge is 0.497 e. The molecule has 0 aliphatic carbocycles. The molecule has 1 aliphatic heterocycles. The number of rotatable bonds is 8. The zero-order valence-corrected chi connectivity index (χ0v) is 16.1. The summed E-state index contributed by atoms with van der Waals surface area (Å²) in [4.78, 5) is 19.3. The standard InChI is InChI=1S/C20H19N5O5/c1-28-15-5-2-13(3-6-15)9-21-19-18(25(26)27)20(24-11-23-19)22-10-14-4-7-16-17(8-14)30-12-29-16/h2-8,11H,9-10,12H2,1H3,(H2,21,22,23,24). The van der Waals surface area contributed by atoms with Gasteiger partial charge in [-0.05, 0) is 35.4 Å². The summed E-state index contributed by atoms with van der Waals surface area (Å²) in [6.45, 7) is 0.878. The van der Waals surface area contributed by atoms with Gasteiger partial charge in [-0.25, -0.2) is 9.97 Å². The van der Waals surface area contributed by atoms with Crippen LogP contribution in [0.2, 0.25) is 0 Å². The monoisotopic (exact) mass is 409 g/mol. The molecule has 4 rings (SSSR count). The molecule has 2 N–H and O–H groups in total. The first-order chi connectivity index (χ1) is 14.6. The highest BCUT2D eigenvalue weighted by atomic mass is 16.7. The van der Waals surface area contributed by atoms with Crippen molar-refractivity contribution in [2.45, 2.75) is 13.1 Å². The predicted molar refractivity (Wildman–Crippen MR) is 109 cm³/mol. The molecule has 10 nitrogen and oxygen atoms in total. The molecule has 3 aromatic rings. The summed E-state index contributed by atoms with van der Waals surface area (Å²) >= 11 is 0. The van der Waals surface area contributed by atoms with E-state index in [2.05, 4.69) is 20.6 Å². The van der Waals surface area contributed by atoms with E-state index in [1.54, 1.807) is 13.2 Å². The van der Waals surface area contributed by atoms with Crippen LogP contribution in [0.4, 0.5) is 17.3 Å². The molecule has 0 amide bonds. The highest BCUT2D eigenvalue weighted by Crippen LogP contribution is 2.33. The normalized spacial score (nSPS) is 11.8. The molecule has 0 saturated heterocycles. The fraction of sp³-hybridized carbons (Fsp3) is 0.200. The number of benzene rings is 2. The number of nitrogens with one attached hydrogen (secondary N) is 2. The smallest absolute Gasteiger partial charge is 0.353 e. The van der Waals surface area contributed by atoms with Crippen molar-refractivity contribution in [1.29, 1.82) is 0 Å². The van der Waals surface area contributed by atoms with Crippen LogP contribution in [0.25, 0.3) is 0 Å². The second kappa shape index (κ2) is 8.52. The molecule has 154 valence electrons. The van der Waals surface area contributed by atoms with Crippen molar-refractivity contribution in [2.75, 3.05) is 24.5 Å². The Kier molecular flexibility index (Phi) is 5.46. The Morgan fingerprint density at radius 3 is 2.30 bits per heavy atom. The Morgan fingerprint density at radius 1 is 1.00 bits per heavy atom. The Balaban J connectivity index is 1.48. The van der Waals surface area contributed by atoms with Crippen molar-refractivity contribution in [3.8, 4) is 17.2 Å². The third-order valence-corrected chi connectivity index (χ3v) is 4.52. The summed E-state index contributed by atoms with van der Waals surface area (Å²) in [6.07, 6.45) is 1.28. The van der Waals surface area contributed by atoms with Crippen molar-refractivity contribution in [1.82, 2.24) is 9.97 Å². The van der Waals surface area contributed by atoms with Gasteiger partial charge < -0.3 is 24.8 Å². The van der Waals surface area contributed by atoms with Crippen LogP contribution >= 0.6 is 0 Å². The molecule has 0 bridgehead atoms. The number of methoxy groups -OCH3 is 1. The topological polar surface area (TPSA) is 121 Å². The summed E-state index contributed by atoms with van der Waals surface area (Å²) in [5.74, 6) is 2.33. The van der Waals surface area contributed by atoms with Gasteiger partial charge in [-0.3, -0.25) is 10.1 Å². The van der Waals surface area contributed by atoms with Crippen molar-refractivity contribution < 1.29 is 19.1 Å². The summed E-state index contributed by atoms with van der Waals surface area (Å²) in [5, 5.41) is 17.7. The van der Waals surface area contributed by atoms with Gasteiger partial charge in [0.25, 0.3) is 0 Å². The Labute approximate surface area is 172 Å². The number of nitrogens with zero attached hydrogens (tertiary/aromatic N) is 3. The molecule has 1 aliphatic rings. The van der Waals surface area contributed by atoms with Crippen LogP contribution in [-0.2, 0) is 13.1 Å². The molecule has 10 heteroatoms. The maximum Gasteiger partial charge on any atom is 0.353 e. The highest BCUT2D eigenvalue weighted by Gasteiger charge is 2.23. The van der Waals surface area contributed by atoms with Crippen LogP contribution in [-0.4, -0.2) is 28.8 Å². The van der Waals surface area contributed by atoms with Crippen molar-refractivity contribution in [2.24, 2.45) is 0 Å². The molecule has 0 atom stereocenters. The van der Waals surface area contributed by atoms with Gasteiger partial charge in [0.2, 0.25) is 18.4 Å². The van der Waals surface area contributed by atoms with Gasteiger partial charge in [0.1, 0.15) is 12.1 Å². The van der Waals surface area contributed by atoms with Gasteiger partial charge in [-0.15, -0.1) is 0 Å². The van der Waals surface area contributed by atoms with Gasteiger partial charge in [0, 0.05) is 13.1 Å². The van der Waals surface area contributed by atoms with E-state index in [1.807, 2.05) is 36.4 Å². The average molecular weight is 409 g/mol.